The number of imide groups is 1. The lowest BCUT2D eigenvalue weighted by molar-refractivity contribution is -0.226. The van der Waals surface area contributed by atoms with E-state index in [0.29, 0.717) is 5.69 Å². The third kappa shape index (κ3) is 2.78. The summed E-state index contributed by atoms with van der Waals surface area (Å²) in [6, 6.07) is 5.46. The Kier molecular flexibility index (Phi) is 4.34. The number of anilines is 1. The number of carbonyl (C=O) groups excluding carboxylic acids is 4. The van der Waals surface area contributed by atoms with Crippen molar-refractivity contribution in [2.45, 2.75) is 45.7 Å². The van der Waals surface area contributed by atoms with Gasteiger partial charge >= 0.3 is 11.9 Å². The van der Waals surface area contributed by atoms with Crippen molar-refractivity contribution in [2.75, 3.05) is 4.90 Å². The Labute approximate surface area is 167 Å². The smallest absolute Gasteiger partial charge is 0.305 e. The van der Waals surface area contributed by atoms with E-state index in [-0.39, 0.29) is 5.91 Å². The minimum atomic E-state index is -1.53. The molecule has 8 heteroatoms. The molecule has 0 aromatic heterocycles. The van der Waals surface area contributed by atoms with Gasteiger partial charge in [-0.2, -0.15) is 0 Å². The quantitative estimate of drug-likeness (QED) is 0.328. The third-order valence-corrected chi connectivity index (χ3v) is 5.59. The van der Waals surface area contributed by atoms with Gasteiger partial charge in [0, 0.05) is 13.8 Å². The fraction of sp³-hybridized carbons (Fsp3) is 0.429. The van der Waals surface area contributed by atoms with Crippen LogP contribution in [0.3, 0.4) is 0 Å². The minimum absolute atomic E-state index is 0.382. The van der Waals surface area contributed by atoms with Crippen LogP contribution in [0.2, 0.25) is 0 Å². The van der Waals surface area contributed by atoms with Gasteiger partial charge in [-0.3, -0.25) is 19.2 Å². The Morgan fingerprint density at radius 1 is 1.10 bits per heavy atom. The maximum Gasteiger partial charge on any atom is 0.305 e. The number of fused-ring (bicyclic) bond motifs is 5. The van der Waals surface area contributed by atoms with E-state index in [9.17, 15) is 19.2 Å². The van der Waals surface area contributed by atoms with Crippen molar-refractivity contribution < 1.29 is 33.4 Å². The van der Waals surface area contributed by atoms with Gasteiger partial charge in [0.25, 0.3) is 6.29 Å². The van der Waals surface area contributed by atoms with Crippen molar-refractivity contribution in [3.8, 4) is 0 Å². The average Bonchev–Trinajstić information content (AvgIpc) is 3.26. The first-order chi connectivity index (χ1) is 13.7. The molecule has 0 radical (unpaired) electrons. The number of hydrogen-bond donors (Lipinski definition) is 0. The zero-order valence-electron chi connectivity index (χ0n) is 16.5. The Bertz CT molecular complexity index is 952. The second kappa shape index (κ2) is 6.52. The fourth-order valence-corrected chi connectivity index (χ4v) is 4.51. The molecule has 1 aromatic carbocycles. The molecule has 0 aliphatic carbocycles. The van der Waals surface area contributed by atoms with E-state index >= 15 is 0 Å². The van der Waals surface area contributed by atoms with E-state index in [0.717, 1.165) is 11.1 Å². The highest BCUT2D eigenvalue weighted by Crippen LogP contribution is 2.54. The maximum atomic E-state index is 13.4. The van der Waals surface area contributed by atoms with Crippen LogP contribution >= 0.6 is 0 Å². The monoisotopic (exact) mass is 399 g/mol. The summed E-state index contributed by atoms with van der Waals surface area (Å²) in [6.07, 6.45) is 1.08. The van der Waals surface area contributed by atoms with Gasteiger partial charge in [0.05, 0.1) is 23.6 Å². The molecule has 3 heterocycles. The number of ether oxygens (including phenoxy) is 3. The fourth-order valence-electron chi connectivity index (χ4n) is 4.51. The number of nitrogens with zero attached hydrogens (tertiary/aromatic N) is 1. The molecule has 2 saturated heterocycles. The highest BCUT2D eigenvalue weighted by molar-refractivity contribution is 6.23. The molecule has 152 valence electrons. The lowest BCUT2D eigenvalue weighted by atomic mass is 9.76. The van der Waals surface area contributed by atoms with Gasteiger partial charge in [0.2, 0.25) is 11.8 Å². The van der Waals surface area contributed by atoms with Crippen LogP contribution in [0.5, 0.6) is 0 Å². The Morgan fingerprint density at radius 2 is 1.76 bits per heavy atom. The predicted octanol–water partition coefficient (Wildman–Crippen LogP) is 1.57. The number of esters is 2. The molecule has 2 fully saturated rings. The van der Waals surface area contributed by atoms with Crippen LogP contribution < -0.4 is 4.90 Å². The summed E-state index contributed by atoms with van der Waals surface area (Å²) in [5.74, 6) is -3.98. The van der Waals surface area contributed by atoms with Crippen LogP contribution in [0.15, 0.2) is 30.4 Å². The van der Waals surface area contributed by atoms with Crippen LogP contribution in [0.25, 0.3) is 0 Å². The van der Waals surface area contributed by atoms with Crippen molar-refractivity contribution in [1.82, 2.24) is 0 Å². The Morgan fingerprint density at radius 3 is 2.34 bits per heavy atom. The predicted molar refractivity (Wildman–Crippen MR) is 99.5 cm³/mol. The molecule has 0 spiro atoms. The molecule has 0 saturated carbocycles. The molecule has 2 amide bonds. The first-order valence-electron chi connectivity index (χ1n) is 9.32. The Hall–Kier alpha value is -3.00. The molecule has 1 aromatic rings. The van der Waals surface area contributed by atoms with Gasteiger partial charge in [-0.25, -0.2) is 4.90 Å². The number of carbonyl (C=O) groups is 4. The normalized spacial score (nSPS) is 29.6. The molecule has 4 atom stereocenters. The zero-order valence-corrected chi connectivity index (χ0v) is 16.5. The molecular formula is C21H21NO7. The number of hydrogen-bond acceptors (Lipinski definition) is 7. The van der Waals surface area contributed by atoms with E-state index in [4.69, 9.17) is 14.2 Å². The second-order valence-corrected chi connectivity index (χ2v) is 7.65. The van der Waals surface area contributed by atoms with Crippen LogP contribution in [-0.4, -0.2) is 41.7 Å². The molecule has 8 nitrogen and oxygen atoms in total. The Balaban J connectivity index is 1.76. The molecule has 3 aliphatic heterocycles. The van der Waals surface area contributed by atoms with Crippen molar-refractivity contribution in [2.24, 2.45) is 11.8 Å². The van der Waals surface area contributed by atoms with E-state index in [1.807, 2.05) is 26.0 Å². The SMILES string of the molecule is CC(=O)OC(OC(C)=O)[C@@]12C=C[C@H](O1)[C@H]1C(=O)N(c3ccc(C)cc3C)C(=O)[C@H]12. The van der Waals surface area contributed by atoms with Gasteiger partial charge in [0.1, 0.15) is 0 Å². The standard InChI is InChI=1S/C21H21NO7/c1-10-5-6-14(11(2)9-10)22-18(25)16-15-7-8-21(29-15,17(16)19(22)26)20(27-12(3)23)28-13(4)24/h5-9,15-17,20H,1-4H3/t15-,16+,17-,21-/m0/s1. The largest absolute Gasteiger partial charge is 0.422 e. The number of aryl methyl sites for hydroxylation is 2. The topological polar surface area (TPSA) is 99.2 Å². The van der Waals surface area contributed by atoms with Crippen molar-refractivity contribution in [3.63, 3.8) is 0 Å². The first-order valence-corrected chi connectivity index (χ1v) is 9.32. The van der Waals surface area contributed by atoms with Crippen LogP contribution in [0.4, 0.5) is 5.69 Å². The van der Waals surface area contributed by atoms with Crippen molar-refractivity contribution in [3.05, 3.63) is 41.5 Å². The average molecular weight is 399 g/mol. The molecule has 0 N–H and O–H groups in total. The zero-order chi connectivity index (χ0) is 21.1. The van der Waals surface area contributed by atoms with E-state index in [2.05, 4.69) is 0 Å². The first kappa shape index (κ1) is 19.3. The summed E-state index contributed by atoms with van der Waals surface area (Å²) in [7, 11) is 0. The highest BCUT2D eigenvalue weighted by atomic mass is 16.7. The van der Waals surface area contributed by atoms with E-state index in [1.165, 1.54) is 18.7 Å². The lowest BCUT2D eigenvalue weighted by Crippen LogP contribution is -2.52. The summed E-state index contributed by atoms with van der Waals surface area (Å²) in [4.78, 5) is 51.0. The van der Waals surface area contributed by atoms with Crippen LogP contribution in [0, 0.1) is 25.7 Å². The number of amides is 2. The van der Waals surface area contributed by atoms with Crippen LogP contribution in [-0.2, 0) is 33.4 Å². The van der Waals surface area contributed by atoms with Gasteiger partial charge < -0.3 is 14.2 Å². The molecular weight excluding hydrogens is 378 g/mol. The molecule has 2 bridgehead atoms. The molecule has 29 heavy (non-hydrogen) atoms. The maximum absolute atomic E-state index is 13.4. The molecule has 0 unspecified atom stereocenters. The van der Waals surface area contributed by atoms with E-state index in [1.54, 1.807) is 18.2 Å². The molecule has 3 aliphatic rings. The summed E-state index contributed by atoms with van der Waals surface area (Å²) in [5.41, 5.74) is 0.772. The van der Waals surface area contributed by atoms with Crippen molar-refractivity contribution >= 4 is 29.4 Å². The summed E-state index contributed by atoms with van der Waals surface area (Å²) in [6.45, 7) is 6.09. The summed E-state index contributed by atoms with van der Waals surface area (Å²) in [5, 5.41) is 0. The number of benzene rings is 1. The summed E-state index contributed by atoms with van der Waals surface area (Å²) < 4.78 is 16.3. The summed E-state index contributed by atoms with van der Waals surface area (Å²) >= 11 is 0. The van der Waals surface area contributed by atoms with Gasteiger partial charge in [0.15, 0.2) is 5.60 Å². The van der Waals surface area contributed by atoms with Crippen molar-refractivity contribution in [1.29, 1.82) is 0 Å². The third-order valence-electron chi connectivity index (χ3n) is 5.59. The second-order valence-electron chi connectivity index (χ2n) is 7.65. The lowest BCUT2D eigenvalue weighted by Gasteiger charge is -2.34. The van der Waals surface area contributed by atoms with Gasteiger partial charge in [-0.15, -0.1) is 0 Å². The van der Waals surface area contributed by atoms with E-state index < -0.39 is 47.7 Å². The highest BCUT2D eigenvalue weighted by Gasteiger charge is 2.72. The number of rotatable bonds is 4. The molecule has 4 rings (SSSR count). The van der Waals surface area contributed by atoms with Gasteiger partial charge in [-0.05, 0) is 31.6 Å². The van der Waals surface area contributed by atoms with Gasteiger partial charge in [-0.1, -0.05) is 23.8 Å². The van der Waals surface area contributed by atoms with Crippen LogP contribution in [0.1, 0.15) is 25.0 Å². The minimum Gasteiger partial charge on any atom is -0.422 e.